The van der Waals surface area contributed by atoms with Crippen molar-refractivity contribution in [2.45, 2.75) is 20.8 Å². The van der Waals surface area contributed by atoms with E-state index < -0.39 is 5.97 Å². The van der Waals surface area contributed by atoms with Gasteiger partial charge in [0.25, 0.3) is 0 Å². The Balaban J connectivity index is 2.30. The Morgan fingerprint density at radius 2 is 1.83 bits per heavy atom. The highest BCUT2D eigenvalue weighted by atomic mass is 16.5. The molecule has 4 nitrogen and oxygen atoms in total. The molecule has 1 heterocycles. The first-order valence-electron chi connectivity index (χ1n) is 5.64. The largest absolute Gasteiger partial charge is 0.421 e. The van der Waals surface area contributed by atoms with E-state index in [4.69, 9.17) is 4.74 Å². The second-order valence-corrected chi connectivity index (χ2v) is 4.13. The summed E-state index contributed by atoms with van der Waals surface area (Å²) in [4.78, 5) is 19.7. The highest BCUT2D eigenvalue weighted by Crippen LogP contribution is 2.26. The summed E-state index contributed by atoms with van der Waals surface area (Å²) in [5, 5.41) is 0. The van der Waals surface area contributed by atoms with E-state index in [-0.39, 0.29) is 5.69 Å². The number of ether oxygens (including phenoxy) is 1. The highest BCUT2D eigenvalue weighted by molar-refractivity contribution is 5.89. The average Bonchev–Trinajstić information content (AvgIpc) is 2.40. The molecule has 18 heavy (non-hydrogen) atoms. The molecular weight excluding hydrogens is 228 g/mol. The Kier molecular flexibility index (Phi) is 3.37. The zero-order valence-electron chi connectivity index (χ0n) is 10.6. The molecule has 0 spiro atoms. The number of hydrogen-bond acceptors (Lipinski definition) is 4. The van der Waals surface area contributed by atoms with Gasteiger partial charge >= 0.3 is 5.97 Å². The Morgan fingerprint density at radius 3 is 2.50 bits per heavy atom. The second kappa shape index (κ2) is 4.96. The van der Waals surface area contributed by atoms with Gasteiger partial charge in [0.05, 0.1) is 6.20 Å². The fraction of sp³-hybridized carbons (Fsp3) is 0.214. The number of esters is 1. The summed E-state index contributed by atoms with van der Waals surface area (Å²) in [6, 6.07) is 3.94. The van der Waals surface area contributed by atoms with E-state index >= 15 is 0 Å². The Hall–Kier alpha value is -2.23. The van der Waals surface area contributed by atoms with E-state index in [9.17, 15) is 4.79 Å². The van der Waals surface area contributed by atoms with Crippen LogP contribution in [0.1, 0.15) is 27.2 Å². The summed E-state index contributed by atoms with van der Waals surface area (Å²) in [7, 11) is 0. The first kappa shape index (κ1) is 12.2. The number of hydrogen-bond donors (Lipinski definition) is 0. The van der Waals surface area contributed by atoms with Crippen LogP contribution >= 0.6 is 0 Å². The molecular formula is C14H14N2O2. The molecule has 92 valence electrons. The van der Waals surface area contributed by atoms with Crippen LogP contribution in [0.3, 0.4) is 0 Å². The van der Waals surface area contributed by atoms with Crippen LogP contribution in [-0.2, 0) is 0 Å². The summed E-state index contributed by atoms with van der Waals surface area (Å²) in [5.41, 5.74) is 3.18. The van der Waals surface area contributed by atoms with Crippen LogP contribution in [0.2, 0.25) is 0 Å². The third-order valence-corrected chi connectivity index (χ3v) is 2.84. The van der Waals surface area contributed by atoms with Gasteiger partial charge in [0.2, 0.25) is 0 Å². The van der Waals surface area contributed by atoms with Crippen molar-refractivity contribution in [1.29, 1.82) is 0 Å². The molecule has 0 aliphatic carbocycles. The number of carbonyl (C=O) groups excluding carboxylic acids is 1. The van der Waals surface area contributed by atoms with Crippen molar-refractivity contribution in [3.8, 4) is 5.75 Å². The minimum absolute atomic E-state index is 0.206. The van der Waals surface area contributed by atoms with E-state index in [1.165, 1.54) is 18.6 Å². The minimum atomic E-state index is -0.486. The molecule has 4 heteroatoms. The topological polar surface area (TPSA) is 52.1 Å². The standard InChI is InChI=1S/C14H14N2O2/c1-9-4-5-10(2)13(11(9)3)18-14(17)12-8-15-6-7-16-12/h4-8H,1-3H3. The molecule has 0 unspecified atom stereocenters. The zero-order valence-corrected chi connectivity index (χ0v) is 10.6. The monoisotopic (exact) mass is 242 g/mol. The molecule has 0 amide bonds. The van der Waals surface area contributed by atoms with Crippen molar-refractivity contribution in [2.75, 3.05) is 0 Å². The van der Waals surface area contributed by atoms with Gasteiger partial charge in [-0.05, 0) is 37.5 Å². The van der Waals surface area contributed by atoms with E-state index in [0.717, 1.165) is 16.7 Å². The van der Waals surface area contributed by atoms with Gasteiger partial charge in [0, 0.05) is 12.4 Å². The van der Waals surface area contributed by atoms with Crippen molar-refractivity contribution in [3.05, 3.63) is 53.1 Å². The number of nitrogens with zero attached hydrogens (tertiary/aromatic N) is 2. The van der Waals surface area contributed by atoms with Crippen molar-refractivity contribution in [2.24, 2.45) is 0 Å². The van der Waals surface area contributed by atoms with Crippen LogP contribution in [-0.4, -0.2) is 15.9 Å². The van der Waals surface area contributed by atoms with Crippen LogP contribution in [0.4, 0.5) is 0 Å². The maximum Gasteiger partial charge on any atom is 0.363 e. The molecule has 0 saturated carbocycles. The third-order valence-electron chi connectivity index (χ3n) is 2.84. The van der Waals surface area contributed by atoms with Gasteiger partial charge in [-0.1, -0.05) is 12.1 Å². The molecule has 2 rings (SSSR count). The zero-order chi connectivity index (χ0) is 13.1. The summed E-state index contributed by atoms with van der Waals surface area (Å²) in [6.07, 6.45) is 4.37. The number of aromatic nitrogens is 2. The van der Waals surface area contributed by atoms with Gasteiger partial charge in [-0.25, -0.2) is 9.78 Å². The van der Waals surface area contributed by atoms with E-state index in [1.54, 1.807) is 0 Å². The fourth-order valence-electron chi connectivity index (χ4n) is 1.63. The lowest BCUT2D eigenvalue weighted by molar-refractivity contribution is 0.0725. The molecule has 0 aliphatic rings. The maximum atomic E-state index is 11.9. The number of benzene rings is 1. The van der Waals surface area contributed by atoms with E-state index in [1.807, 2.05) is 32.9 Å². The van der Waals surface area contributed by atoms with Gasteiger partial charge in [0.15, 0.2) is 5.69 Å². The summed E-state index contributed by atoms with van der Waals surface area (Å²) >= 11 is 0. The van der Waals surface area contributed by atoms with Gasteiger partial charge in [-0.15, -0.1) is 0 Å². The van der Waals surface area contributed by atoms with Crippen LogP contribution in [0.15, 0.2) is 30.7 Å². The van der Waals surface area contributed by atoms with Gasteiger partial charge in [-0.2, -0.15) is 0 Å². The normalized spacial score (nSPS) is 10.2. The SMILES string of the molecule is Cc1ccc(C)c(OC(=O)c2cnccn2)c1C. The lowest BCUT2D eigenvalue weighted by Crippen LogP contribution is -2.12. The lowest BCUT2D eigenvalue weighted by atomic mass is 10.1. The van der Waals surface area contributed by atoms with Gasteiger partial charge in [-0.3, -0.25) is 4.98 Å². The van der Waals surface area contributed by atoms with E-state index in [0.29, 0.717) is 5.75 Å². The first-order chi connectivity index (χ1) is 8.59. The molecule has 1 aromatic heterocycles. The third kappa shape index (κ3) is 2.37. The van der Waals surface area contributed by atoms with Crippen LogP contribution in [0.25, 0.3) is 0 Å². The molecule has 1 aromatic carbocycles. The van der Waals surface area contributed by atoms with Crippen molar-refractivity contribution >= 4 is 5.97 Å². The highest BCUT2D eigenvalue weighted by Gasteiger charge is 2.14. The smallest absolute Gasteiger partial charge is 0.363 e. The molecule has 0 radical (unpaired) electrons. The number of carbonyl (C=O) groups is 1. The molecule has 0 bridgehead atoms. The predicted molar refractivity (Wildman–Crippen MR) is 67.6 cm³/mol. The van der Waals surface area contributed by atoms with Crippen molar-refractivity contribution in [1.82, 2.24) is 9.97 Å². The molecule has 2 aromatic rings. The summed E-state index contributed by atoms with van der Waals surface area (Å²) in [6.45, 7) is 5.82. The van der Waals surface area contributed by atoms with Crippen molar-refractivity contribution in [3.63, 3.8) is 0 Å². The lowest BCUT2D eigenvalue weighted by Gasteiger charge is -2.11. The molecule has 0 N–H and O–H groups in total. The molecule has 0 aliphatic heterocycles. The average molecular weight is 242 g/mol. The van der Waals surface area contributed by atoms with Crippen LogP contribution in [0, 0.1) is 20.8 Å². The quantitative estimate of drug-likeness (QED) is 0.600. The summed E-state index contributed by atoms with van der Waals surface area (Å²) in [5.74, 6) is 0.116. The second-order valence-electron chi connectivity index (χ2n) is 4.13. The Bertz CT molecular complexity index is 580. The number of aryl methyl sites for hydroxylation is 2. The van der Waals surface area contributed by atoms with Crippen LogP contribution in [0.5, 0.6) is 5.75 Å². The first-order valence-corrected chi connectivity index (χ1v) is 5.64. The maximum absolute atomic E-state index is 11.9. The summed E-state index contributed by atoms with van der Waals surface area (Å²) < 4.78 is 5.40. The van der Waals surface area contributed by atoms with Crippen molar-refractivity contribution < 1.29 is 9.53 Å². The molecule has 0 atom stereocenters. The van der Waals surface area contributed by atoms with Crippen LogP contribution < -0.4 is 4.74 Å². The van der Waals surface area contributed by atoms with Gasteiger partial charge in [0.1, 0.15) is 5.75 Å². The molecule has 0 saturated heterocycles. The Morgan fingerprint density at radius 1 is 1.11 bits per heavy atom. The number of rotatable bonds is 2. The fourth-order valence-corrected chi connectivity index (χ4v) is 1.63. The Labute approximate surface area is 106 Å². The van der Waals surface area contributed by atoms with E-state index in [2.05, 4.69) is 9.97 Å². The van der Waals surface area contributed by atoms with Gasteiger partial charge < -0.3 is 4.74 Å². The molecule has 0 fully saturated rings. The predicted octanol–water partition coefficient (Wildman–Crippen LogP) is 2.62. The minimum Gasteiger partial charge on any atom is -0.421 e.